The summed E-state index contributed by atoms with van der Waals surface area (Å²) >= 11 is 0. The number of aliphatic hydroxyl groups excluding tert-OH is 1. The molecule has 1 aliphatic rings. The van der Waals surface area contributed by atoms with Crippen molar-refractivity contribution in [3.63, 3.8) is 0 Å². The Kier molecular flexibility index (Phi) is 4.88. The van der Waals surface area contributed by atoms with E-state index in [0.717, 1.165) is 12.8 Å². The van der Waals surface area contributed by atoms with Gasteiger partial charge in [0.05, 0.1) is 6.10 Å². The third kappa shape index (κ3) is 3.38. The summed E-state index contributed by atoms with van der Waals surface area (Å²) in [6.07, 6.45) is 1.58. The minimum Gasteiger partial charge on any atom is -0.391 e. The van der Waals surface area contributed by atoms with E-state index in [-0.39, 0.29) is 12.0 Å². The van der Waals surface area contributed by atoms with Crippen LogP contribution in [0, 0.1) is 5.92 Å². The molecule has 2 aromatic rings. The Hall–Kier alpha value is -1.68. The van der Waals surface area contributed by atoms with Crippen LogP contribution in [0.15, 0.2) is 60.7 Å². The summed E-state index contributed by atoms with van der Waals surface area (Å²) in [6, 6.07) is 21.3. The molecule has 1 heterocycles. The van der Waals surface area contributed by atoms with Crippen LogP contribution in [0.5, 0.6) is 0 Å². The normalized spacial score (nSPS) is 25.5. The second-order valence-electron chi connectivity index (χ2n) is 6.05. The predicted octanol–water partition coefficient (Wildman–Crippen LogP) is 2.27. The number of hydrogen-bond acceptors (Lipinski definition) is 3. The summed E-state index contributed by atoms with van der Waals surface area (Å²) in [6.45, 7) is 0.686. The summed E-state index contributed by atoms with van der Waals surface area (Å²) in [7, 11) is 1.94. The number of β-amino-alcohol motifs (C(OH)–C–C–N with tert-alkyl or cyclic N) is 1. The van der Waals surface area contributed by atoms with Crippen molar-refractivity contribution in [3.05, 3.63) is 71.8 Å². The van der Waals surface area contributed by atoms with E-state index >= 15 is 0 Å². The number of hydrazine groups is 1. The van der Waals surface area contributed by atoms with Crippen molar-refractivity contribution in [2.24, 2.45) is 5.92 Å². The lowest BCUT2D eigenvalue weighted by molar-refractivity contribution is 0.136. The van der Waals surface area contributed by atoms with E-state index in [2.05, 4.69) is 59.0 Å². The van der Waals surface area contributed by atoms with Crippen LogP contribution in [0.2, 0.25) is 0 Å². The van der Waals surface area contributed by atoms with Crippen molar-refractivity contribution in [2.45, 2.75) is 25.0 Å². The molecule has 3 nitrogen and oxygen atoms in total. The highest BCUT2D eigenvalue weighted by Crippen LogP contribution is 2.29. The first-order valence-electron chi connectivity index (χ1n) is 7.98. The van der Waals surface area contributed by atoms with Crippen LogP contribution in [0.3, 0.4) is 0 Å². The van der Waals surface area contributed by atoms with Gasteiger partial charge in [-0.3, -0.25) is 5.43 Å². The molecule has 2 aromatic carbocycles. The summed E-state index contributed by atoms with van der Waals surface area (Å²) in [5.74, 6) is 0.245. The fourth-order valence-electron chi connectivity index (χ4n) is 3.49. The van der Waals surface area contributed by atoms with Crippen molar-refractivity contribution in [1.82, 2.24) is 10.4 Å². The molecule has 1 fully saturated rings. The third-order valence-corrected chi connectivity index (χ3v) is 4.66. The molecule has 0 spiro atoms. The first kappa shape index (κ1) is 15.2. The van der Waals surface area contributed by atoms with Crippen LogP contribution in [0.25, 0.3) is 0 Å². The molecule has 0 aliphatic carbocycles. The van der Waals surface area contributed by atoms with Crippen molar-refractivity contribution >= 4 is 0 Å². The smallest absolute Gasteiger partial charge is 0.0728 e. The fraction of sp³-hybridized carbons (Fsp3) is 0.368. The van der Waals surface area contributed by atoms with E-state index in [9.17, 15) is 5.11 Å². The summed E-state index contributed by atoms with van der Waals surface area (Å²) < 4.78 is 0. The van der Waals surface area contributed by atoms with E-state index in [1.165, 1.54) is 11.1 Å². The Balaban J connectivity index is 1.79. The first-order chi connectivity index (χ1) is 10.8. The highest BCUT2D eigenvalue weighted by molar-refractivity contribution is 5.20. The topological polar surface area (TPSA) is 35.5 Å². The fourth-order valence-corrected chi connectivity index (χ4v) is 3.49. The highest BCUT2D eigenvalue weighted by Gasteiger charge is 2.40. The highest BCUT2D eigenvalue weighted by atomic mass is 16.3. The van der Waals surface area contributed by atoms with Gasteiger partial charge in [-0.15, -0.1) is 0 Å². The molecule has 0 radical (unpaired) electrons. The SMILES string of the molecule is CNN1CC(O)C(Cc2ccccc2)C1Cc1ccccc1. The van der Waals surface area contributed by atoms with E-state index < -0.39 is 0 Å². The number of hydrogen-bond donors (Lipinski definition) is 2. The molecule has 3 unspecified atom stereocenters. The lowest BCUT2D eigenvalue weighted by Crippen LogP contribution is -2.42. The van der Waals surface area contributed by atoms with Gasteiger partial charge in [0.25, 0.3) is 0 Å². The zero-order valence-electron chi connectivity index (χ0n) is 13.0. The molecule has 3 atom stereocenters. The number of rotatable bonds is 5. The minimum atomic E-state index is -0.290. The molecule has 0 saturated carbocycles. The zero-order chi connectivity index (χ0) is 15.4. The predicted molar refractivity (Wildman–Crippen MR) is 89.3 cm³/mol. The summed E-state index contributed by atoms with van der Waals surface area (Å²) in [5, 5.41) is 12.7. The molecular weight excluding hydrogens is 272 g/mol. The quantitative estimate of drug-likeness (QED) is 0.888. The standard InChI is InChI=1S/C19H24N2O/c1-20-21-14-19(22)17(12-15-8-4-2-5-9-15)18(21)13-16-10-6-3-7-11-16/h2-11,17-20,22H,12-14H2,1H3. The molecule has 1 aliphatic heterocycles. The van der Waals surface area contributed by atoms with Crippen LogP contribution in [0.1, 0.15) is 11.1 Å². The van der Waals surface area contributed by atoms with Gasteiger partial charge in [0.1, 0.15) is 0 Å². The Morgan fingerprint density at radius 2 is 1.50 bits per heavy atom. The van der Waals surface area contributed by atoms with Crippen LogP contribution >= 0.6 is 0 Å². The second-order valence-corrected chi connectivity index (χ2v) is 6.05. The number of aliphatic hydroxyl groups is 1. The van der Waals surface area contributed by atoms with Gasteiger partial charge < -0.3 is 5.11 Å². The maximum Gasteiger partial charge on any atom is 0.0728 e. The van der Waals surface area contributed by atoms with Gasteiger partial charge in [-0.2, -0.15) is 0 Å². The van der Waals surface area contributed by atoms with Gasteiger partial charge in [-0.05, 0) is 31.0 Å². The van der Waals surface area contributed by atoms with Crippen molar-refractivity contribution in [1.29, 1.82) is 0 Å². The molecule has 116 valence electrons. The maximum atomic E-state index is 10.5. The molecular formula is C19H24N2O. The van der Waals surface area contributed by atoms with E-state index in [0.29, 0.717) is 12.6 Å². The first-order valence-corrected chi connectivity index (χ1v) is 7.98. The number of nitrogens with zero attached hydrogens (tertiary/aromatic N) is 1. The van der Waals surface area contributed by atoms with Gasteiger partial charge in [-0.1, -0.05) is 60.7 Å². The van der Waals surface area contributed by atoms with Crippen LogP contribution < -0.4 is 5.43 Å². The minimum absolute atomic E-state index is 0.245. The average Bonchev–Trinajstić information content (AvgIpc) is 2.85. The Morgan fingerprint density at radius 3 is 2.05 bits per heavy atom. The second kappa shape index (κ2) is 7.05. The Morgan fingerprint density at radius 1 is 0.955 bits per heavy atom. The molecule has 0 bridgehead atoms. The molecule has 3 heteroatoms. The van der Waals surface area contributed by atoms with Crippen molar-refractivity contribution in [2.75, 3.05) is 13.6 Å². The van der Waals surface area contributed by atoms with Gasteiger partial charge in [0.15, 0.2) is 0 Å². The third-order valence-electron chi connectivity index (χ3n) is 4.66. The van der Waals surface area contributed by atoms with Gasteiger partial charge >= 0.3 is 0 Å². The Labute approximate surface area is 132 Å². The van der Waals surface area contributed by atoms with E-state index in [1.807, 2.05) is 19.2 Å². The molecule has 22 heavy (non-hydrogen) atoms. The molecule has 1 saturated heterocycles. The lowest BCUT2D eigenvalue weighted by atomic mass is 9.87. The molecule has 2 N–H and O–H groups in total. The van der Waals surface area contributed by atoms with Crippen LogP contribution in [-0.4, -0.2) is 35.9 Å². The van der Waals surface area contributed by atoms with Crippen molar-refractivity contribution < 1.29 is 5.11 Å². The van der Waals surface area contributed by atoms with Crippen LogP contribution in [-0.2, 0) is 12.8 Å². The van der Waals surface area contributed by atoms with E-state index in [4.69, 9.17) is 0 Å². The molecule has 3 rings (SSSR count). The monoisotopic (exact) mass is 296 g/mol. The molecule has 0 amide bonds. The summed E-state index contributed by atoms with van der Waals surface area (Å²) in [4.78, 5) is 0. The van der Waals surface area contributed by atoms with Gasteiger partial charge in [0, 0.05) is 18.5 Å². The number of nitrogens with one attached hydrogen (secondary N) is 1. The van der Waals surface area contributed by atoms with Gasteiger partial charge in [-0.25, -0.2) is 5.01 Å². The summed E-state index contributed by atoms with van der Waals surface area (Å²) in [5.41, 5.74) is 5.87. The van der Waals surface area contributed by atoms with Gasteiger partial charge in [0.2, 0.25) is 0 Å². The molecule has 0 aromatic heterocycles. The Bertz CT molecular complexity index is 573. The largest absolute Gasteiger partial charge is 0.391 e. The van der Waals surface area contributed by atoms with Crippen LogP contribution in [0.4, 0.5) is 0 Å². The number of benzene rings is 2. The zero-order valence-corrected chi connectivity index (χ0v) is 13.0. The van der Waals surface area contributed by atoms with Crippen molar-refractivity contribution in [3.8, 4) is 0 Å². The van der Waals surface area contributed by atoms with E-state index in [1.54, 1.807) is 0 Å². The maximum absolute atomic E-state index is 10.5. The lowest BCUT2D eigenvalue weighted by Gasteiger charge is -2.27. The average molecular weight is 296 g/mol.